The third kappa shape index (κ3) is 4.35. The van der Waals surface area contributed by atoms with E-state index in [0.29, 0.717) is 12.2 Å². The topological polar surface area (TPSA) is 72.2 Å². The van der Waals surface area contributed by atoms with Crippen LogP contribution in [0.1, 0.15) is 6.92 Å². The molecule has 1 unspecified atom stereocenters. The fourth-order valence-corrected chi connectivity index (χ4v) is 3.48. The van der Waals surface area contributed by atoms with Gasteiger partial charge in [0.05, 0.1) is 15.6 Å². The summed E-state index contributed by atoms with van der Waals surface area (Å²) in [5, 5.41) is 0.245. The van der Waals surface area contributed by atoms with Gasteiger partial charge in [-0.2, -0.15) is 11.8 Å². The molecule has 18 heavy (non-hydrogen) atoms. The standard InChI is InChI=1S/C11H17ClN2O2S2/c1-8(7-17-2)6-14-18(15,16)9-3-4-11(13)10(12)5-9/h3-5,8,14H,6-7,13H2,1-2H3. The lowest BCUT2D eigenvalue weighted by Crippen LogP contribution is -2.29. The highest BCUT2D eigenvalue weighted by Crippen LogP contribution is 2.22. The van der Waals surface area contributed by atoms with E-state index >= 15 is 0 Å². The maximum Gasteiger partial charge on any atom is 0.240 e. The van der Waals surface area contributed by atoms with Crippen LogP contribution in [0.25, 0.3) is 0 Å². The van der Waals surface area contributed by atoms with E-state index < -0.39 is 10.0 Å². The van der Waals surface area contributed by atoms with Crippen molar-refractivity contribution in [1.29, 1.82) is 0 Å². The molecule has 1 atom stereocenters. The van der Waals surface area contributed by atoms with Crippen LogP contribution < -0.4 is 10.5 Å². The van der Waals surface area contributed by atoms with Gasteiger partial charge in [0.2, 0.25) is 10.0 Å². The van der Waals surface area contributed by atoms with Crippen molar-refractivity contribution >= 4 is 39.1 Å². The SMILES string of the molecule is CSCC(C)CNS(=O)(=O)c1ccc(N)c(Cl)c1. The highest BCUT2D eigenvalue weighted by Gasteiger charge is 2.16. The molecule has 0 fully saturated rings. The van der Waals surface area contributed by atoms with Crippen LogP contribution in [0.3, 0.4) is 0 Å². The molecular formula is C11H17ClN2O2S2. The normalized spacial score (nSPS) is 13.5. The molecule has 7 heteroatoms. The van der Waals surface area contributed by atoms with Crippen molar-refractivity contribution in [3.63, 3.8) is 0 Å². The Morgan fingerprint density at radius 2 is 2.17 bits per heavy atom. The molecule has 0 aliphatic heterocycles. The van der Waals surface area contributed by atoms with Crippen LogP contribution in [0.15, 0.2) is 23.1 Å². The first kappa shape index (κ1) is 15.6. The van der Waals surface area contributed by atoms with E-state index in [9.17, 15) is 8.42 Å². The molecule has 1 aromatic carbocycles. The molecule has 0 aliphatic rings. The van der Waals surface area contributed by atoms with Gasteiger partial charge < -0.3 is 5.73 Å². The van der Waals surface area contributed by atoms with Gasteiger partial charge in [-0.05, 0) is 36.1 Å². The lowest BCUT2D eigenvalue weighted by molar-refractivity contribution is 0.562. The summed E-state index contributed by atoms with van der Waals surface area (Å²) in [6, 6.07) is 4.30. The highest BCUT2D eigenvalue weighted by atomic mass is 35.5. The molecule has 102 valence electrons. The number of nitrogens with one attached hydrogen (secondary N) is 1. The van der Waals surface area contributed by atoms with Gasteiger partial charge in [-0.3, -0.25) is 0 Å². The van der Waals surface area contributed by atoms with Gasteiger partial charge in [0, 0.05) is 6.54 Å². The molecule has 0 saturated heterocycles. The summed E-state index contributed by atoms with van der Waals surface area (Å²) < 4.78 is 26.5. The summed E-state index contributed by atoms with van der Waals surface area (Å²) >= 11 is 7.50. The Bertz CT molecular complexity index is 506. The van der Waals surface area contributed by atoms with E-state index in [2.05, 4.69) is 4.72 Å². The second-order valence-electron chi connectivity index (χ2n) is 4.10. The van der Waals surface area contributed by atoms with E-state index in [-0.39, 0.29) is 15.8 Å². The average molecular weight is 309 g/mol. The summed E-state index contributed by atoms with van der Waals surface area (Å²) in [5.41, 5.74) is 5.91. The maximum atomic E-state index is 12.0. The molecule has 0 aliphatic carbocycles. The Morgan fingerprint density at radius 3 is 2.72 bits per heavy atom. The first-order valence-electron chi connectivity index (χ1n) is 5.40. The summed E-state index contributed by atoms with van der Waals surface area (Å²) in [6.07, 6.45) is 1.99. The van der Waals surface area contributed by atoms with E-state index in [1.807, 2.05) is 13.2 Å². The molecule has 4 nitrogen and oxygen atoms in total. The van der Waals surface area contributed by atoms with Crippen molar-refractivity contribution in [1.82, 2.24) is 4.72 Å². The third-order valence-electron chi connectivity index (χ3n) is 2.36. The van der Waals surface area contributed by atoms with E-state index in [4.69, 9.17) is 17.3 Å². The zero-order valence-corrected chi connectivity index (χ0v) is 12.7. The number of nitrogens with two attached hydrogens (primary N) is 1. The molecular weight excluding hydrogens is 292 g/mol. The first-order chi connectivity index (χ1) is 8.36. The number of benzene rings is 1. The monoisotopic (exact) mass is 308 g/mol. The lowest BCUT2D eigenvalue weighted by Gasteiger charge is -2.12. The van der Waals surface area contributed by atoms with Crippen molar-refractivity contribution in [3.8, 4) is 0 Å². The molecule has 0 aromatic heterocycles. The van der Waals surface area contributed by atoms with Crippen LogP contribution in [0.2, 0.25) is 5.02 Å². The van der Waals surface area contributed by atoms with Crippen molar-refractivity contribution in [2.24, 2.45) is 5.92 Å². The van der Waals surface area contributed by atoms with Gasteiger partial charge in [0.15, 0.2) is 0 Å². The Kier molecular flexibility index (Phi) is 5.78. The fourth-order valence-electron chi connectivity index (χ4n) is 1.35. The molecule has 0 bridgehead atoms. The number of anilines is 1. The first-order valence-corrected chi connectivity index (χ1v) is 8.66. The van der Waals surface area contributed by atoms with Gasteiger partial charge in [0.25, 0.3) is 0 Å². The second-order valence-corrected chi connectivity index (χ2v) is 7.18. The van der Waals surface area contributed by atoms with Crippen LogP contribution in [0, 0.1) is 5.92 Å². The smallest absolute Gasteiger partial charge is 0.240 e. The predicted molar refractivity (Wildman–Crippen MR) is 78.6 cm³/mol. The molecule has 1 aromatic rings. The highest BCUT2D eigenvalue weighted by molar-refractivity contribution is 7.98. The molecule has 0 spiro atoms. The zero-order valence-electron chi connectivity index (χ0n) is 10.3. The maximum absolute atomic E-state index is 12.0. The summed E-state index contributed by atoms with van der Waals surface area (Å²) in [4.78, 5) is 0.137. The largest absolute Gasteiger partial charge is 0.398 e. The van der Waals surface area contributed by atoms with Crippen molar-refractivity contribution < 1.29 is 8.42 Å². The molecule has 0 amide bonds. The minimum absolute atomic E-state index is 0.137. The number of halogens is 1. The number of rotatable bonds is 6. The molecule has 0 saturated carbocycles. The summed E-state index contributed by atoms with van der Waals surface area (Å²) in [5.74, 6) is 1.18. The van der Waals surface area contributed by atoms with Crippen LogP contribution in [0.4, 0.5) is 5.69 Å². The number of hydrogen-bond acceptors (Lipinski definition) is 4. The van der Waals surface area contributed by atoms with Gasteiger partial charge in [-0.15, -0.1) is 0 Å². The fraction of sp³-hybridized carbons (Fsp3) is 0.455. The van der Waals surface area contributed by atoms with Gasteiger partial charge in [0.1, 0.15) is 0 Å². The average Bonchev–Trinajstić information content (AvgIpc) is 2.30. The Hall–Kier alpha value is -0.430. The molecule has 0 heterocycles. The van der Waals surface area contributed by atoms with Gasteiger partial charge in [-0.25, -0.2) is 13.1 Å². The van der Waals surface area contributed by atoms with Crippen molar-refractivity contribution in [2.75, 3.05) is 24.3 Å². The Balaban J connectivity index is 2.77. The number of thioether (sulfide) groups is 1. The third-order valence-corrected chi connectivity index (χ3v) is 5.01. The lowest BCUT2D eigenvalue weighted by atomic mass is 10.2. The summed E-state index contributed by atoms with van der Waals surface area (Å²) in [7, 11) is -3.51. The Labute approximate surface area is 117 Å². The zero-order chi connectivity index (χ0) is 13.8. The van der Waals surface area contributed by atoms with Crippen LogP contribution >= 0.6 is 23.4 Å². The molecule has 0 radical (unpaired) electrons. The number of nitrogen functional groups attached to an aromatic ring is 1. The minimum Gasteiger partial charge on any atom is -0.398 e. The van der Waals surface area contributed by atoms with Crippen molar-refractivity contribution in [3.05, 3.63) is 23.2 Å². The van der Waals surface area contributed by atoms with Crippen LogP contribution in [-0.4, -0.2) is 27.0 Å². The van der Waals surface area contributed by atoms with Crippen LogP contribution in [-0.2, 0) is 10.0 Å². The van der Waals surface area contributed by atoms with E-state index in [1.165, 1.54) is 18.2 Å². The Morgan fingerprint density at radius 1 is 1.50 bits per heavy atom. The molecule has 3 N–H and O–H groups in total. The number of hydrogen-bond donors (Lipinski definition) is 2. The van der Waals surface area contributed by atoms with E-state index in [0.717, 1.165) is 5.75 Å². The van der Waals surface area contributed by atoms with Crippen LogP contribution in [0.5, 0.6) is 0 Å². The minimum atomic E-state index is -3.51. The van der Waals surface area contributed by atoms with Gasteiger partial charge in [-0.1, -0.05) is 18.5 Å². The second kappa shape index (κ2) is 6.65. The van der Waals surface area contributed by atoms with E-state index in [1.54, 1.807) is 11.8 Å². The quantitative estimate of drug-likeness (QED) is 0.790. The predicted octanol–water partition coefficient (Wildman–Crippen LogP) is 2.20. The number of sulfonamides is 1. The van der Waals surface area contributed by atoms with Crippen molar-refractivity contribution in [2.45, 2.75) is 11.8 Å². The van der Waals surface area contributed by atoms with Gasteiger partial charge >= 0.3 is 0 Å². The molecule has 1 rings (SSSR count). The summed E-state index contributed by atoms with van der Waals surface area (Å²) in [6.45, 7) is 2.40.